The first-order chi connectivity index (χ1) is 5.85. The Balaban J connectivity index is 4.10. The average Bonchev–Trinajstić information content (AvgIpc) is 2.10. The van der Waals surface area contributed by atoms with Crippen LogP contribution in [-0.2, 0) is 14.4 Å². The molecule has 0 amide bonds. The summed E-state index contributed by atoms with van der Waals surface area (Å²) in [5.74, 6) is 0. The van der Waals surface area contributed by atoms with E-state index in [1.165, 1.54) is 18.2 Å². The molecule has 62 valence electrons. The van der Waals surface area contributed by atoms with Gasteiger partial charge in [-0.2, -0.15) is 4.99 Å². The molecule has 0 unspecified atom stereocenters. The van der Waals surface area contributed by atoms with Crippen LogP contribution in [0, 0.1) is 0 Å². The van der Waals surface area contributed by atoms with Gasteiger partial charge in [-0.15, -0.1) is 0 Å². The van der Waals surface area contributed by atoms with Gasteiger partial charge in [-0.05, 0) is 0 Å². The molecule has 0 radical (unpaired) electrons. The normalized spacial score (nSPS) is 10.0. The predicted molar refractivity (Wildman–Crippen MR) is 37.9 cm³/mol. The maximum Gasteiger partial charge on any atom is 0.235 e. The molecule has 0 spiro atoms. The highest BCUT2D eigenvalue weighted by atomic mass is 16.1. The van der Waals surface area contributed by atoms with Crippen molar-refractivity contribution in [1.29, 1.82) is 0 Å². The van der Waals surface area contributed by atoms with Gasteiger partial charge in [0.2, 0.25) is 18.2 Å². The first-order valence-electron chi connectivity index (χ1n) is 2.99. The van der Waals surface area contributed by atoms with E-state index in [4.69, 9.17) is 0 Å². The Kier molecular flexibility index (Phi) is 6.13. The lowest BCUT2D eigenvalue weighted by atomic mass is 10.3. The summed E-state index contributed by atoms with van der Waals surface area (Å²) in [5, 5.41) is 0. The largest absolute Gasteiger partial charge is 0.235 e. The van der Waals surface area contributed by atoms with E-state index in [-0.39, 0.29) is 13.1 Å². The van der Waals surface area contributed by atoms with Crippen molar-refractivity contribution in [3.63, 3.8) is 0 Å². The van der Waals surface area contributed by atoms with Crippen LogP contribution in [0.5, 0.6) is 0 Å². The summed E-state index contributed by atoms with van der Waals surface area (Å²) in [7, 11) is 0. The summed E-state index contributed by atoms with van der Waals surface area (Å²) >= 11 is 0. The third kappa shape index (κ3) is 4.97. The minimum absolute atomic E-state index is 0.0239. The van der Waals surface area contributed by atoms with E-state index in [0.29, 0.717) is 0 Å². The molecular formula is C6H5N3O3. The maximum atomic E-state index is 9.77. The SMILES string of the molecule is O=C=NCC(CN=C=O)N=C=O. The zero-order valence-corrected chi connectivity index (χ0v) is 6.06. The molecule has 0 fully saturated rings. The van der Waals surface area contributed by atoms with Crippen LogP contribution in [0.2, 0.25) is 0 Å². The number of aliphatic imine (C=N–C) groups is 3. The van der Waals surface area contributed by atoms with E-state index in [2.05, 4.69) is 15.0 Å². The van der Waals surface area contributed by atoms with Gasteiger partial charge < -0.3 is 0 Å². The van der Waals surface area contributed by atoms with Gasteiger partial charge in [-0.1, -0.05) is 0 Å². The first-order valence-corrected chi connectivity index (χ1v) is 2.99. The molecule has 0 saturated carbocycles. The Morgan fingerprint density at radius 2 is 1.42 bits per heavy atom. The highest BCUT2D eigenvalue weighted by Gasteiger charge is 2.03. The molecule has 0 saturated heterocycles. The van der Waals surface area contributed by atoms with E-state index in [1.54, 1.807) is 0 Å². The van der Waals surface area contributed by atoms with Crippen LogP contribution < -0.4 is 0 Å². The maximum absolute atomic E-state index is 9.77. The van der Waals surface area contributed by atoms with Crippen LogP contribution in [0.15, 0.2) is 15.0 Å². The smallest absolute Gasteiger partial charge is 0.211 e. The molecule has 0 rings (SSSR count). The number of carbonyl (C=O) groups excluding carboxylic acids is 3. The number of isocyanates is 3. The standard InChI is InChI=1S/C6H5N3O3/c10-3-7-1-6(9-5-12)2-8-4-11/h6H,1-2H2. The van der Waals surface area contributed by atoms with Crippen LogP contribution in [0.4, 0.5) is 0 Å². The summed E-state index contributed by atoms with van der Waals surface area (Å²) in [6.45, 7) is -0.0478. The van der Waals surface area contributed by atoms with Crippen LogP contribution in [0.3, 0.4) is 0 Å². The lowest BCUT2D eigenvalue weighted by Gasteiger charge is -1.98. The Hall–Kier alpha value is -1.86. The van der Waals surface area contributed by atoms with Gasteiger partial charge in [0.1, 0.15) is 6.04 Å². The monoisotopic (exact) mass is 167 g/mol. The number of nitrogens with zero attached hydrogens (tertiary/aromatic N) is 3. The molecular weight excluding hydrogens is 162 g/mol. The quantitative estimate of drug-likeness (QED) is 0.403. The number of rotatable bonds is 5. The van der Waals surface area contributed by atoms with Gasteiger partial charge >= 0.3 is 0 Å². The second-order valence-corrected chi connectivity index (χ2v) is 1.74. The van der Waals surface area contributed by atoms with Gasteiger partial charge in [0.25, 0.3) is 0 Å². The van der Waals surface area contributed by atoms with Gasteiger partial charge in [0, 0.05) is 0 Å². The number of hydrogen-bond acceptors (Lipinski definition) is 6. The van der Waals surface area contributed by atoms with Gasteiger partial charge in [0.15, 0.2) is 0 Å². The zero-order chi connectivity index (χ0) is 9.23. The van der Waals surface area contributed by atoms with Crippen molar-refractivity contribution in [3.05, 3.63) is 0 Å². The molecule has 0 aliphatic heterocycles. The number of hydrogen-bond donors (Lipinski definition) is 0. The van der Waals surface area contributed by atoms with Crippen molar-refractivity contribution >= 4 is 18.2 Å². The third-order valence-corrected chi connectivity index (χ3v) is 0.968. The fourth-order valence-electron chi connectivity index (χ4n) is 0.499. The van der Waals surface area contributed by atoms with Gasteiger partial charge in [-0.25, -0.2) is 24.4 Å². The minimum atomic E-state index is -0.620. The van der Waals surface area contributed by atoms with Crippen LogP contribution in [0.25, 0.3) is 0 Å². The Bertz CT molecular complexity index is 250. The lowest BCUT2D eigenvalue weighted by molar-refractivity contribution is 0.548. The lowest BCUT2D eigenvalue weighted by Crippen LogP contribution is -2.12. The van der Waals surface area contributed by atoms with E-state index < -0.39 is 6.04 Å². The molecule has 0 aromatic carbocycles. The van der Waals surface area contributed by atoms with E-state index in [1.807, 2.05) is 0 Å². The topological polar surface area (TPSA) is 88.3 Å². The van der Waals surface area contributed by atoms with Crippen molar-refractivity contribution < 1.29 is 14.4 Å². The van der Waals surface area contributed by atoms with Gasteiger partial charge in [-0.3, -0.25) is 0 Å². The zero-order valence-electron chi connectivity index (χ0n) is 6.06. The summed E-state index contributed by atoms with van der Waals surface area (Å²) in [5.41, 5.74) is 0. The molecule has 0 heterocycles. The van der Waals surface area contributed by atoms with Crippen molar-refractivity contribution in [2.24, 2.45) is 15.0 Å². The molecule has 0 aliphatic rings. The molecule has 6 heteroatoms. The second kappa shape index (κ2) is 7.25. The van der Waals surface area contributed by atoms with Crippen molar-refractivity contribution in [2.45, 2.75) is 6.04 Å². The average molecular weight is 167 g/mol. The molecule has 0 aromatic rings. The van der Waals surface area contributed by atoms with Crippen LogP contribution >= 0.6 is 0 Å². The van der Waals surface area contributed by atoms with Crippen molar-refractivity contribution in [1.82, 2.24) is 0 Å². The fourth-order valence-corrected chi connectivity index (χ4v) is 0.499. The van der Waals surface area contributed by atoms with Gasteiger partial charge in [0.05, 0.1) is 13.1 Å². The van der Waals surface area contributed by atoms with E-state index in [0.717, 1.165) is 0 Å². The molecule has 0 aromatic heterocycles. The Morgan fingerprint density at radius 3 is 1.75 bits per heavy atom. The van der Waals surface area contributed by atoms with E-state index in [9.17, 15) is 14.4 Å². The molecule has 12 heavy (non-hydrogen) atoms. The summed E-state index contributed by atoms with van der Waals surface area (Å²) in [4.78, 5) is 38.7. The van der Waals surface area contributed by atoms with Crippen molar-refractivity contribution in [3.8, 4) is 0 Å². The van der Waals surface area contributed by atoms with E-state index >= 15 is 0 Å². The van der Waals surface area contributed by atoms with Crippen LogP contribution in [-0.4, -0.2) is 37.4 Å². The highest BCUT2D eigenvalue weighted by molar-refractivity contribution is 5.36. The predicted octanol–water partition coefficient (Wildman–Crippen LogP) is -0.638. The molecule has 0 N–H and O–H groups in total. The third-order valence-electron chi connectivity index (χ3n) is 0.968. The summed E-state index contributed by atoms with van der Waals surface area (Å²) in [6.07, 6.45) is 3.84. The fraction of sp³-hybridized carbons (Fsp3) is 0.500. The molecule has 0 aliphatic carbocycles. The molecule has 0 bridgehead atoms. The Morgan fingerprint density at radius 1 is 0.917 bits per heavy atom. The first kappa shape index (κ1) is 10.1. The summed E-state index contributed by atoms with van der Waals surface area (Å²) in [6, 6.07) is -0.620. The van der Waals surface area contributed by atoms with Crippen molar-refractivity contribution in [2.75, 3.05) is 13.1 Å². The Labute approximate surface area is 67.7 Å². The summed E-state index contributed by atoms with van der Waals surface area (Å²) < 4.78 is 0. The highest BCUT2D eigenvalue weighted by Crippen LogP contribution is 1.90. The minimum Gasteiger partial charge on any atom is -0.211 e. The second-order valence-electron chi connectivity index (χ2n) is 1.74. The molecule has 6 nitrogen and oxygen atoms in total. The van der Waals surface area contributed by atoms with Crippen LogP contribution in [0.1, 0.15) is 0 Å². The molecule has 0 atom stereocenters.